The van der Waals surface area contributed by atoms with E-state index in [4.69, 9.17) is 0 Å². The van der Waals surface area contributed by atoms with Crippen LogP contribution in [0.4, 0.5) is 0 Å². The van der Waals surface area contributed by atoms with Crippen molar-refractivity contribution in [2.24, 2.45) is 0 Å². The first-order valence-corrected chi connectivity index (χ1v) is 10.1. The van der Waals surface area contributed by atoms with Gasteiger partial charge in [-0.05, 0) is 31.4 Å². The van der Waals surface area contributed by atoms with Crippen molar-refractivity contribution >= 4 is 27.5 Å². The van der Waals surface area contributed by atoms with Crippen LogP contribution in [0, 0.1) is 0 Å². The van der Waals surface area contributed by atoms with Gasteiger partial charge in [0.1, 0.15) is 12.2 Å². The zero-order valence-corrected chi connectivity index (χ0v) is 15.8. The highest BCUT2D eigenvalue weighted by Crippen LogP contribution is 2.25. The number of likely N-dealkylation sites (tertiary alicyclic amines) is 1. The molecule has 3 aromatic rings. The number of hydrogen-bond acceptors (Lipinski definition) is 5. The first kappa shape index (κ1) is 17.1. The summed E-state index contributed by atoms with van der Waals surface area (Å²) >= 11 is 1.73. The van der Waals surface area contributed by atoms with Crippen LogP contribution in [-0.2, 0) is 17.6 Å². The highest BCUT2D eigenvalue weighted by molar-refractivity contribution is 7.18. The van der Waals surface area contributed by atoms with Crippen molar-refractivity contribution in [2.45, 2.75) is 45.1 Å². The van der Waals surface area contributed by atoms with Gasteiger partial charge in [0, 0.05) is 25.9 Å². The topological polar surface area (TPSA) is 63.9 Å². The summed E-state index contributed by atoms with van der Waals surface area (Å²) in [7, 11) is 0. The van der Waals surface area contributed by atoms with Crippen molar-refractivity contribution in [3.8, 4) is 0 Å². The third-order valence-corrected chi connectivity index (χ3v) is 6.09. The molecule has 4 rings (SSSR count). The summed E-state index contributed by atoms with van der Waals surface area (Å²) in [6.45, 7) is 3.68. The first-order valence-electron chi connectivity index (χ1n) is 9.25. The minimum atomic E-state index is 0.250. The molecular formula is C19H23N5OS. The number of carbonyl (C=O) groups excluding carboxylic acids is 1. The first-order chi connectivity index (χ1) is 12.7. The minimum absolute atomic E-state index is 0.250. The van der Waals surface area contributed by atoms with E-state index in [1.54, 1.807) is 17.7 Å². The molecule has 0 bridgehead atoms. The largest absolute Gasteiger partial charge is 0.341 e. The standard InChI is InChI=1S/C19H23N5OS/c1-2-17-22-20-13-24(17)14-10-11-23(12-14)19(25)9-5-8-18-21-15-6-3-4-7-16(15)26-18/h3-4,6-7,13-14H,2,5,8-12H2,1H3. The predicted octanol–water partition coefficient (Wildman–Crippen LogP) is 3.25. The SMILES string of the molecule is CCc1nncn1C1CCN(C(=O)CCCc2nc3ccccc3s2)C1. The molecule has 7 heteroatoms. The number of aromatic nitrogens is 4. The molecule has 1 aliphatic heterocycles. The number of amides is 1. The van der Waals surface area contributed by atoms with Crippen LogP contribution in [0.1, 0.15) is 43.1 Å². The number of fused-ring (bicyclic) bond motifs is 1. The second-order valence-corrected chi connectivity index (χ2v) is 7.83. The molecular weight excluding hydrogens is 346 g/mol. The summed E-state index contributed by atoms with van der Waals surface area (Å²) in [5.74, 6) is 1.25. The number of hydrogen-bond donors (Lipinski definition) is 0. The number of nitrogens with zero attached hydrogens (tertiary/aromatic N) is 5. The van der Waals surface area contributed by atoms with Crippen molar-refractivity contribution in [1.82, 2.24) is 24.6 Å². The Bertz CT molecular complexity index is 869. The van der Waals surface area contributed by atoms with E-state index in [1.165, 1.54) is 4.70 Å². The molecule has 1 unspecified atom stereocenters. The van der Waals surface area contributed by atoms with Gasteiger partial charge in [-0.25, -0.2) is 4.98 Å². The number of thiazole rings is 1. The van der Waals surface area contributed by atoms with Crippen LogP contribution in [0.3, 0.4) is 0 Å². The lowest BCUT2D eigenvalue weighted by Crippen LogP contribution is -2.29. The summed E-state index contributed by atoms with van der Waals surface area (Å²) in [5, 5.41) is 9.29. The highest BCUT2D eigenvalue weighted by atomic mass is 32.1. The Morgan fingerprint density at radius 2 is 2.23 bits per heavy atom. The molecule has 26 heavy (non-hydrogen) atoms. The average molecular weight is 369 g/mol. The smallest absolute Gasteiger partial charge is 0.222 e. The highest BCUT2D eigenvalue weighted by Gasteiger charge is 2.28. The van der Waals surface area contributed by atoms with E-state index in [0.29, 0.717) is 12.5 Å². The quantitative estimate of drug-likeness (QED) is 0.669. The number of aryl methyl sites for hydroxylation is 2. The lowest BCUT2D eigenvalue weighted by molar-refractivity contribution is -0.130. The van der Waals surface area contributed by atoms with Gasteiger partial charge in [0.05, 0.1) is 21.3 Å². The van der Waals surface area contributed by atoms with Crippen LogP contribution in [0.5, 0.6) is 0 Å². The molecule has 0 aliphatic carbocycles. The van der Waals surface area contributed by atoms with Gasteiger partial charge in [-0.2, -0.15) is 0 Å². The molecule has 1 aliphatic rings. The Hall–Kier alpha value is -2.28. The monoisotopic (exact) mass is 369 g/mol. The summed E-state index contributed by atoms with van der Waals surface area (Å²) in [4.78, 5) is 19.2. The van der Waals surface area contributed by atoms with E-state index in [0.717, 1.165) is 55.1 Å². The molecule has 0 saturated carbocycles. The lowest BCUT2D eigenvalue weighted by Gasteiger charge is -2.17. The number of rotatable bonds is 6. The molecule has 1 fully saturated rings. The zero-order valence-electron chi connectivity index (χ0n) is 15.0. The van der Waals surface area contributed by atoms with Gasteiger partial charge in [-0.1, -0.05) is 19.1 Å². The molecule has 2 aromatic heterocycles. The fourth-order valence-electron chi connectivity index (χ4n) is 3.60. The Kier molecular flexibility index (Phi) is 4.97. The Labute approximate surface area is 156 Å². The van der Waals surface area contributed by atoms with E-state index in [2.05, 4.69) is 32.7 Å². The molecule has 0 N–H and O–H groups in total. The fourth-order valence-corrected chi connectivity index (χ4v) is 4.61. The van der Waals surface area contributed by atoms with Crippen LogP contribution < -0.4 is 0 Å². The fraction of sp³-hybridized carbons (Fsp3) is 0.474. The van der Waals surface area contributed by atoms with Crippen LogP contribution in [0.25, 0.3) is 10.2 Å². The third-order valence-electron chi connectivity index (χ3n) is 4.99. The Morgan fingerprint density at radius 3 is 3.08 bits per heavy atom. The minimum Gasteiger partial charge on any atom is -0.341 e. The molecule has 3 heterocycles. The predicted molar refractivity (Wildman–Crippen MR) is 102 cm³/mol. The second-order valence-electron chi connectivity index (χ2n) is 6.72. The molecule has 0 spiro atoms. The van der Waals surface area contributed by atoms with Crippen LogP contribution in [0.15, 0.2) is 30.6 Å². The van der Waals surface area contributed by atoms with Crippen molar-refractivity contribution in [3.63, 3.8) is 0 Å². The van der Waals surface area contributed by atoms with Gasteiger partial charge >= 0.3 is 0 Å². The number of para-hydroxylation sites is 1. The van der Waals surface area contributed by atoms with E-state index in [-0.39, 0.29) is 5.91 Å². The summed E-state index contributed by atoms with van der Waals surface area (Å²) in [6, 6.07) is 8.51. The molecule has 136 valence electrons. The second kappa shape index (κ2) is 7.53. The van der Waals surface area contributed by atoms with Crippen LogP contribution in [0.2, 0.25) is 0 Å². The van der Waals surface area contributed by atoms with Gasteiger partial charge in [-0.15, -0.1) is 21.5 Å². The van der Waals surface area contributed by atoms with Crippen LogP contribution in [-0.4, -0.2) is 43.6 Å². The van der Waals surface area contributed by atoms with Gasteiger partial charge in [-0.3, -0.25) is 4.79 Å². The van der Waals surface area contributed by atoms with Gasteiger partial charge < -0.3 is 9.47 Å². The summed E-state index contributed by atoms with van der Waals surface area (Å²) < 4.78 is 3.35. The molecule has 1 atom stereocenters. The zero-order chi connectivity index (χ0) is 17.9. The maximum atomic E-state index is 12.5. The van der Waals surface area contributed by atoms with E-state index < -0.39 is 0 Å². The van der Waals surface area contributed by atoms with Crippen molar-refractivity contribution in [1.29, 1.82) is 0 Å². The van der Waals surface area contributed by atoms with Gasteiger partial charge in [0.25, 0.3) is 0 Å². The van der Waals surface area contributed by atoms with Crippen molar-refractivity contribution in [2.75, 3.05) is 13.1 Å². The average Bonchev–Trinajstić information content (AvgIpc) is 3.38. The number of benzene rings is 1. The summed E-state index contributed by atoms with van der Waals surface area (Å²) in [5.41, 5.74) is 1.06. The van der Waals surface area contributed by atoms with E-state index >= 15 is 0 Å². The summed E-state index contributed by atoms with van der Waals surface area (Å²) in [6.07, 6.45) is 5.96. The van der Waals surface area contributed by atoms with Gasteiger partial charge in [0.2, 0.25) is 5.91 Å². The normalized spacial score (nSPS) is 17.3. The van der Waals surface area contributed by atoms with Crippen LogP contribution >= 0.6 is 11.3 Å². The Morgan fingerprint density at radius 1 is 1.35 bits per heavy atom. The lowest BCUT2D eigenvalue weighted by atomic mass is 10.2. The van der Waals surface area contributed by atoms with Crippen molar-refractivity contribution < 1.29 is 4.79 Å². The maximum Gasteiger partial charge on any atom is 0.222 e. The third kappa shape index (κ3) is 3.49. The molecule has 1 aromatic carbocycles. The van der Waals surface area contributed by atoms with E-state index in [9.17, 15) is 4.79 Å². The van der Waals surface area contributed by atoms with Gasteiger partial charge in [0.15, 0.2) is 0 Å². The number of carbonyl (C=O) groups is 1. The van der Waals surface area contributed by atoms with E-state index in [1.807, 2.05) is 23.1 Å². The molecule has 1 saturated heterocycles. The maximum absolute atomic E-state index is 12.5. The molecule has 6 nitrogen and oxygen atoms in total. The molecule has 1 amide bonds. The Balaban J connectivity index is 1.29. The molecule has 0 radical (unpaired) electrons. The van der Waals surface area contributed by atoms with Crippen molar-refractivity contribution in [3.05, 3.63) is 41.4 Å².